The highest BCUT2D eigenvalue weighted by molar-refractivity contribution is 7.91. The molecule has 134 valence electrons. The van der Waals surface area contributed by atoms with Gasteiger partial charge in [0, 0.05) is 6.04 Å². The van der Waals surface area contributed by atoms with Gasteiger partial charge < -0.3 is 14.1 Å². The molecule has 3 rings (SSSR count). The molecular formula is C18H21NO5S. The van der Waals surface area contributed by atoms with Crippen LogP contribution in [0.25, 0.3) is 0 Å². The summed E-state index contributed by atoms with van der Waals surface area (Å²) in [6.45, 7) is 2.05. The van der Waals surface area contributed by atoms with Crippen molar-refractivity contribution in [1.29, 1.82) is 0 Å². The molecule has 7 heteroatoms. The van der Waals surface area contributed by atoms with E-state index in [1.165, 1.54) is 6.26 Å². The summed E-state index contributed by atoms with van der Waals surface area (Å²) in [6, 6.07) is 10.6. The fraction of sp³-hybridized carbons (Fsp3) is 0.389. The van der Waals surface area contributed by atoms with Crippen LogP contribution in [0.2, 0.25) is 0 Å². The summed E-state index contributed by atoms with van der Waals surface area (Å²) in [7, 11) is -3.09. The Hall–Kier alpha value is -2.28. The van der Waals surface area contributed by atoms with Crippen molar-refractivity contribution in [3.63, 3.8) is 0 Å². The zero-order valence-electron chi connectivity index (χ0n) is 14.1. The maximum Gasteiger partial charge on any atom is 0.261 e. The quantitative estimate of drug-likeness (QED) is 0.786. The van der Waals surface area contributed by atoms with Crippen LogP contribution in [0.4, 0.5) is 0 Å². The van der Waals surface area contributed by atoms with Crippen LogP contribution in [-0.2, 0) is 21.2 Å². The molecule has 1 aliphatic rings. The third-order valence-electron chi connectivity index (χ3n) is 4.23. The van der Waals surface area contributed by atoms with E-state index in [2.05, 4.69) is 0 Å². The number of carbonyl (C=O) groups excluding carboxylic acids is 1. The first-order chi connectivity index (χ1) is 11.9. The smallest absolute Gasteiger partial charge is 0.261 e. The number of nitrogens with zero attached hydrogens (tertiary/aromatic N) is 1. The predicted octanol–water partition coefficient (Wildman–Crippen LogP) is 2.18. The van der Waals surface area contributed by atoms with Gasteiger partial charge in [-0.2, -0.15) is 0 Å². The van der Waals surface area contributed by atoms with E-state index in [4.69, 9.17) is 9.15 Å². The van der Waals surface area contributed by atoms with Gasteiger partial charge in [0.05, 0.1) is 24.3 Å². The molecule has 2 heterocycles. The number of aryl methyl sites for hydroxylation is 1. The van der Waals surface area contributed by atoms with E-state index < -0.39 is 9.84 Å². The predicted molar refractivity (Wildman–Crippen MR) is 93.0 cm³/mol. The number of amides is 1. The first kappa shape index (κ1) is 17.5. The lowest BCUT2D eigenvalue weighted by Gasteiger charge is -2.27. The largest absolute Gasteiger partial charge is 0.484 e. The maximum atomic E-state index is 12.7. The van der Waals surface area contributed by atoms with Crippen molar-refractivity contribution in [2.24, 2.45) is 0 Å². The Kier molecular flexibility index (Phi) is 5.13. The fourth-order valence-corrected chi connectivity index (χ4v) is 4.68. The number of furan rings is 1. The van der Waals surface area contributed by atoms with Crippen LogP contribution < -0.4 is 4.74 Å². The molecule has 25 heavy (non-hydrogen) atoms. The van der Waals surface area contributed by atoms with Crippen LogP contribution >= 0.6 is 0 Å². The van der Waals surface area contributed by atoms with Crippen LogP contribution in [0.5, 0.6) is 5.75 Å². The molecule has 6 nitrogen and oxygen atoms in total. The molecule has 0 radical (unpaired) electrons. The van der Waals surface area contributed by atoms with Crippen molar-refractivity contribution in [2.75, 3.05) is 18.1 Å². The molecule has 1 aromatic heterocycles. The lowest BCUT2D eigenvalue weighted by molar-refractivity contribution is -0.136. The first-order valence-electron chi connectivity index (χ1n) is 8.15. The highest BCUT2D eigenvalue weighted by Gasteiger charge is 2.35. The number of carbonyl (C=O) groups is 1. The van der Waals surface area contributed by atoms with Gasteiger partial charge in [0.25, 0.3) is 5.91 Å². The fourth-order valence-electron chi connectivity index (χ4n) is 2.95. The Morgan fingerprint density at radius 2 is 2.16 bits per heavy atom. The Morgan fingerprint density at radius 3 is 2.80 bits per heavy atom. The standard InChI is InChI=1S/C18H21NO5S/c1-14-4-2-5-16(10-14)24-12-18(20)19(11-17-6-3-8-23-17)15-7-9-25(21,22)13-15/h2-6,8,10,15H,7,9,11-13H2,1H3/t15-/m0/s1. The number of hydrogen-bond acceptors (Lipinski definition) is 5. The monoisotopic (exact) mass is 363 g/mol. The Morgan fingerprint density at radius 1 is 1.32 bits per heavy atom. The lowest BCUT2D eigenvalue weighted by Crippen LogP contribution is -2.43. The maximum absolute atomic E-state index is 12.7. The van der Waals surface area contributed by atoms with E-state index in [-0.39, 0.29) is 36.6 Å². The SMILES string of the molecule is Cc1cccc(OCC(=O)N(Cc2ccco2)[C@H]2CCS(=O)(=O)C2)c1. The average Bonchev–Trinajstić information content (AvgIpc) is 3.19. The van der Waals surface area contributed by atoms with Gasteiger partial charge in [-0.15, -0.1) is 0 Å². The van der Waals surface area contributed by atoms with Gasteiger partial charge in [-0.1, -0.05) is 12.1 Å². The van der Waals surface area contributed by atoms with Crippen LogP contribution in [0, 0.1) is 6.92 Å². The van der Waals surface area contributed by atoms with Gasteiger partial charge >= 0.3 is 0 Å². The number of hydrogen-bond donors (Lipinski definition) is 0. The molecule has 1 aliphatic heterocycles. The Balaban J connectivity index is 1.70. The molecule has 0 saturated carbocycles. The molecule has 0 N–H and O–H groups in total. The molecule has 1 atom stereocenters. The van der Waals surface area contributed by atoms with Crippen LogP contribution in [0.15, 0.2) is 47.1 Å². The van der Waals surface area contributed by atoms with Crippen molar-refractivity contribution in [1.82, 2.24) is 4.90 Å². The topological polar surface area (TPSA) is 76.8 Å². The zero-order valence-corrected chi connectivity index (χ0v) is 14.9. The molecule has 0 unspecified atom stereocenters. The summed E-state index contributed by atoms with van der Waals surface area (Å²) in [4.78, 5) is 14.2. The van der Waals surface area contributed by atoms with Gasteiger partial charge in [0.15, 0.2) is 16.4 Å². The van der Waals surface area contributed by atoms with Gasteiger partial charge in [-0.25, -0.2) is 8.42 Å². The van der Waals surface area contributed by atoms with E-state index in [1.54, 1.807) is 23.1 Å². The second-order valence-corrected chi connectivity index (χ2v) is 8.49. The van der Waals surface area contributed by atoms with Crippen LogP contribution in [0.3, 0.4) is 0 Å². The molecule has 1 fully saturated rings. The minimum atomic E-state index is -3.09. The second-order valence-electron chi connectivity index (χ2n) is 6.26. The average molecular weight is 363 g/mol. The van der Waals surface area contributed by atoms with Crippen molar-refractivity contribution in [2.45, 2.75) is 25.9 Å². The van der Waals surface area contributed by atoms with E-state index in [0.29, 0.717) is 17.9 Å². The summed E-state index contributed by atoms with van der Waals surface area (Å²) in [6.07, 6.45) is 1.98. The molecule has 1 saturated heterocycles. The summed E-state index contributed by atoms with van der Waals surface area (Å²) < 4.78 is 34.5. The highest BCUT2D eigenvalue weighted by Crippen LogP contribution is 2.21. The van der Waals surface area contributed by atoms with E-state index >= 15 is 0 Å². The van der Waals surface area contributed by atoms with E-state index in [9.17, 15) is 13.2 Å². The number of rotatable bonds is 6. The summed E-state index contributed by atoms with van der Waals surface area (Å²) >= 11 is 0. The third kappa shape index (κ3) is 4.63. The van der Waals surface area contributed by atoms with Crippen molar-refractivity contribution < 1.29 is 22.4 Å². The molecule has 1 aromatic carbocycles. The second kappa shape index (κ2) is 7.31. The number of sulfone groups is 1. The first-order valence-corrected chi connectivity index (χ1v) is 9.97. The molecule has 0 bridgehead atoms. The van der Waals surface area contributed by atoms with Gasteiger partial charge in [0.1, 0.15) is 11.5 Å². The minimum Gasteiger partial charge on any atom is -0.484 e. The summed E-state index contributed by atoms with van der Waals surface area (Å²) in [5.74, 6) is 1.08. The third-order valence-corrected chi connectivity index (χ3v) is 5.98. The van der Waals surface area contributed by atoms with Gasteiger partial charge in [-0.3, -0.25) is 4.79 Å². The molecule has 0 spiro atoms. The van der Waals surface area contributed by atoms with Gasteiger partial charge in [0.2, 0.25) is 0 Å². The lowest BCUT2D eigenvalue weighted by atomic mass is 10.2. The van der Waals surface area contributed by atoms with E-state index in [1.807, 2.05) is 25.1 Å². The highest BCUT2D eigenvalue weighted by atomic mass is 32.2. The number of benzene rings is 1. The Labute approximate surface area is 147 Å². The normalized spacial score (nSPS) is 18.8. The molecular weight excluding hydrogens is 342 g/mol. The molecule has 0 aliphatic carbocycles. The summed E-state index contributed by atoms with van der Waals surface area (Å²) in [5.41, 5.74) is 1.04. The van der Waals surface area contributed by atoms with Crippen LogP contribution in [0.1, 0.15) is 17.7 Å². The zero-order chi connectivity index (χ0) is 17.9. The van der Waals surface area contributed by atoms with Crippen molar-refractivity contribution in [3.8, 4) is 5.75 Å². The van der Waals surface area contributed by atoms with Gasteiger partial charge in [-0.05, 0) is 43.2 Å². The van der Waals surface area contributed by atoms with Crippen molar-refractivity contribution in [3.05, 3.63) is 54.0 Å². The number of ether oxygens (including phenoxy) is 1. The Bertz CT molecular complexity index is 829. The molecule has 1 amide bonds. The van der Waals surface area contributed by atoms with Crippen LogP contribution in [-0.4, -0.2) is 43.4 Å². The molecule has 2 aromatic rings. The summed E-state index contributed by atoms with van der Waals surface area (Å²) in [5, 5.41) is 0. The van der Waals surface area contributed by atoms with Crippen molar-refractivity contribution >= 4 is 15.7 Å². The minimum absolute atomic E-state index is 0.0100. The van der Waals surface area contributed by atoms with E-state index in [0.717, 1.165) is 5.56 Å².